The van der Waals surface area contributed by atoms with Crippen molar-refractivity contribution in [3.05, 3.63) is 64.4 Å². The zero-order chi connectivity index (χ0) is 15.4. The molecule has 1 atom stereocenters. The van der Waals surface area contributed by atoms with Crippen LogP contribution >= 0.6 is 11.6 Å². The zero-order valence-corrected chi connectivity index (χ0v) is 12.9. The second-order valence-electron chi connectivity index (χ2n) is 5.16. The van der Waals surface area contributed by atoms with Gasteiger partial charge in [0, 0.05) is 19.8 Å². The van der Waals surface area contributed by atoms with Gasteiger partial charge in [-0.25, -0.2) is 4.39 Å². The summed E-state index contributed by atoms with van der Waals surface area (Å²) in [6.45, 7) is 0. The monoisotopic (exact) mass is 307 g/mol. The highest BCUT2D eigenvalue weighted by atomic mass is 35.5. The molecule has 0 aliphatic heterocycles. The molecule has 0 saturated carbocycles. The molecule has 0 amide bonds. The molecule has 2 rings (SSSR count). The molecule has 0 aliphatic carbocycles. The van der Waals surface area contributed by atoms with Crippen LogP contribution in [0.5, 0.6) is 0 Å². The lowest BCUT2D eigenvalue weighted by molar-refractivity contribution is 0.551. The molecule has 2 aromatic rings. The maximum atomic E-state index is 13.2. The maximum Gasteiger partial charge on any atom is 0.141 e. The van der Waals surface area contributed by atoms with E-state index in [2.05, 4.69) is 11.5 Å². The number of halogens is 2. The van der Waals surface area contributed by atoms with Gasteiger partial charge in [0.1, 0.15) is 5.82 Å². The molecule has 0 bridgehead atoms. The first-order valence-corrected chi connectivity index (χ1v) is 7.06. The lowest BCUT2D eigenvalue weighted by Gasteiger charge is -2.19. The second kappa shape index (κ2) is 6.89. The standard InChI is InChI=1S/C16H19ClFN3/c1-21(2)13-5-3-4-12(10-13)16(20-19)9-11-6-7-15(18)14(17)8-11/h3-8,10,16,20H,9,19H2,1-2H3. The first kappa shape index (κ1) is 15.8. The molecule has 0 saturated heterocycles. The van der Waals surface area contributed by atoms with Gasteiger partial charge >= 0.3 is 0 Å². The number of nitrogens with zero attached hydrogens (tertiary/aromatic N) is 1. The minimum atomic E-state index is -0.410. The van der Waals surface area contributed by atoms with E-state index in [1.54, 1.807) is 12.1 Å². The van der Waals surface area contributed by atoms with Crippen molar-refractivity contribution in [2.75, 3.05) is 19.0 Å². The first-order valence-electron chi connectivity index (χ1n) is 6.68. The van der Waals surface area contributed by atoms with E-state index in [9.17, 15) is 4.39 Å². The number of hydrazine groups is 1. The van der Waals surface area contributed by atoms with Crippen molar-refractivity contribution in [3.63, 3.8) is 0 Å². The lowest BCUT2D eigenvalue weighted by Crippen LogP contribution is -2.29. The largest absolute Gasteiger partial charge is 0.378 e. The zero-order valence-electron chi connectivity index (χ0n) is 12.1. The summed E-state index contributed by atoms with van der Waals surface area (Å²) in [7, 11) is 3.98. The number of anilines is 1. The van der Waals surface area contributed by atoms with Crippen molar-refractivity contribution >= 4 is 17.3 Å². The summed E-state index contributed by atoms with van der Waals surface area (Å²) >= 11 is 5.82. The topological polar surface area (TPSA) is 41.3 Å². The van der Waals surface area contributed by atoms with Crippen LogP contribution in [0.15, 0.2) is 42.5 Å². The summed E-state index contributed by atoms with van der Waals surface area (Å²) in [5.41, 5.74) is 5.92. The molecule has 0 aromatic heterocycles. The van der Waals surface area contributed by atoms with E-state index in [4.69, 9.17) is 17.4 Å². The molecule has 0 aliphatic rings. The molecule has 21 heavy (non-hydrogen) atoms. The molecule has 0 radical (unpaired) electrons. The van der Waals surface area contributed by atoms with E-state index in [-0.39, 0.29) is 11.1 Å². The molecule has 3 N–H and O–H groups in total. The van der Waals surface area contributed by atoms with Gasteiger partial charge in [-0.15, -0.1) is 0 Å². The Hall–Kier alpha value is -1.62. The minimum absolute atomic E-state index is 0.0635. The van der Waals surface area contributed by atoms with E-state index in [0.29, 0.717) is 6.42 Å². The Bertz CT molecular complexity index is 616. The number of nitrogens with two attached hydrogens (primary N) is 1. The van der Waals surface area contributed by atoms with Gasteiger partial charge in [0.25, 0.3) is 0 Å². The summed E-state index contributed by atoms with van der Waals surface area (Å²) in [6, 6.07) is 12.8. The van der Waals surface area contributed by atoms with Crippen molar-refractivity contribution < 1.29 is 4.39 Å². The molecule has 2 aromatic carbocycles. The summed E-state index contributed by atoms with van der Waals surface area (Å²) < 4.78 is 13.2. The average molecular weight is 308 g/mol. The SMILES string of the molecule is CN(C)c1cccc(C(Cc2ccc(F)c(Cl)c2)NN)c1. The fraction of sp³-hybridized carbons (Fsp3) is 0.250. The molecule has 3 nitrogen and oxygen atoms in total. The van der Waals surface area contributed by atoms with Gasteiger partial charge < -0.3 is 4.90 Å². The third-order valence-corrected chi connectivity index (χ3v) is 3.70. The van der Waals surface area contributed by atoms with Gasteiger partial charge in [-0.1, -0.05) is 29.8 Å². The Balaban J connectivity index is 2.23. The molecule has 0 fully saturated rings. The Morgan fingerprint density at radius 1 is 1.24 bits per heavy atom. The average Bonchev–Trinajstić information content (AvgIpc) is 2.48. The summed E-state index contributed by atoms with van der Waals surface area (Å²) in [5, 5.41) is 0.130. The van der Waals surface area contributed by atoms with Crippen LogP contribution in [0, 0.1) is 5.82 Å². The van der Waals surface area contributed by atoms with Crippen LogP contribution in [0.4, 0.5) is 10.1 Å². The quantitative estimate of drug-likeness (QED) is 0.658. The molecule has 5 heteroatoms. The van der Waals surface area contributed by atoms with Crippen molar-refractivity contribution in [2.24, 2.45) is 5.84 Å². The molecule has 0 spiro atoms. The van der Waals surface area contributed by atoms with Crippen molar-refractivity contribution in [1.82, 2.24) is 5.43 Å². The number of nitrogens with one attached hydrogen (secondary N) is 1. The first-order chi connectivity index (χ1) is 10.0. The fourth-order valence-electron chi connectivity index (χ4n) is 2.20. The van der Waals surface area contributed by atoms with E-state index < -0.39 is 5.82 Å². The van der Waals surface area contributed by atoms with Gasteiger partial charge in [-0.2, -0.15) is 0 Å². The van der Waals surface area contributed by atoms with Gasteiger partial charge in [0.2, 0.25) is 0 Å². The number of benzene rings is 2. The summed E-state index contributed by atoms with van der Waals surface area (Å²) in [4.78, 5) is 2.03. The van der Waals surface area contributed by atoms with Crippen LogP contribution in [0.3, 0.4) is 0 Å². The summed E-state index contributed by atoms with van der Waals surface area (Å²) in [6.07, 6.45) is 0.632. The van der Waals surface area contributed by atoms with Gasteiger partial charge in [0.05, 0.1) is 11.1 Å². The van der Waals surface area contributed by atoms with E-state index >= 15 is 0 Å². The van der Waals surface area contributed by atoms with Crippen LogP contribution in [0.1, 0.15) is 17.2 Å². The Morgan fingerprint density at radius 2 is 2.00 bits per heavy atom. The molecule has 112 valence electrons. The van der Waals surface area contributed by atoms with Crippen LogP contribution in [0.25, 0.3) is 0 Å². The van der Waals surface area contributed by atoms with E-state index in [0.717, 1.165) is 16.8 Å². The summed E-state index contributed by atoms with van der Waals surface area (Å²) in [5.74, 6) is 5.27. The highest BCUT2D eigenvalue weighted by molar-refractivity contribution is 6.30. The Kier molecular flexibility index (Phi) is 5.17. The van der Waals surface area contributed by atoms with Crippen LogP contribution in [0.2, 0.25) is 5.02 Å². The lowest BCUT2D eigenvalue weighted by atomic mass is 9.99. The van der Waals surface area contributed by atoms with Crippen LogP contribution in [-0.4, -0.2) is 14.1 Å². The van der Waals surface area contributed by atoms with Crippen molar-refractivity contribution in [3.8, 4) is 0 Å². The van der Waals surface area contributed by atoms with Gasteiger partial charge in [0.15, 0.2) is 0 Å². The Labute approximate surface area is 129 Å². The highest BCUT2D eigenvalue weighted by Crippen LogP contribution is 2.24. The maximum absolute atomic E-state index is 13.2. The van der Waals surface area contributed by atoms with Crippen molar-refractivity contribution in [1.29, 1.82) is 0 Å². The molecular weight excluding hydrogens is 289 g/mol. The number of hydrogen-bond donors (Lipinski definition) is 2. The van der Waals surface area contributed by atoms with Crippen LogP contribution < -0.4 is 16.2 Å². The molecule has 0 heterocycles. The predicted molar refractivity (Wildman–Crippen MR) is 85.9 cm³/mol. The number of rotatable bonds is 5. The predicted octanol–water partition coefficient (Wildman–Crippen LogP) is 3.29. The van der Waals surface area contributed by atoms with Crippen molar-refractivity contribution in [2.45, 2.75) is 12.5 Å². The number of hydrogen-bond acceptors (Lipinski definition) is 3. The normalized spacial score (nSPS) is 12.2. The van der Waals surface area contributed by atoms with E-state index in [1.807, 2.05) is 37.2 Å². The minimum Gasteiger partial charge on any atom is -0.378 e. The van der Waals surface area contributed by atoms with E-state index in [1.165, 1.54) is 6.07 Å². The highest BCUT2D eigenvalue weighted by Gasteiger charge is 2.12. The Morgan fingerprint density at radius 3 is 2.62 bits per heavy atom. The fourth-order valence-corrected chi connectivity index (χ4v) is 2.40. The van der Waals surface area contributed by atoms with Gasteiger partial charge in [-0.3, -0.25) is 11.3 Å². The van der Waals surface area contributed by atoms with Gasteiger partial charge in [-0.05, 0) is 41.8 Å². The molecular formula is C16H19ClFN3. The van der Waals surface area contributed by atoms with Crippen LogP contribution in [-0.2, 0) is 6.42 Å². The second-order valence-corrected chi connectivity index (χ2v) is 5.57. The third kappa shape index (κ3) is 3.94. The third-order valence-electron chi connectivity index (χ3n) is 3.41. The molecule has 1 unspecified atom stereocenters. The smallest absolute Gasteiger partial charge is 0.141 e.